The molecule has 0 aliphatic rings. The van der Waals surface area contributed by atoms with Gasteiger partial charge >= 0.3 is 0 Å². The van der Waals surface area contributed by atoms with Gasteiger partial charge in [-0.3, -0.25) is 0 Å². The molecule has 0 saturated heterocycles. The van der Waals surface area contributed by atoms with E-state index in [-0.39, 0.29) is 0 Å². The summed E-state index contributed by atoms with van der Waals surface area (Å²) < 4.78 is 8.84. The van der Waals surface area contributed by atoms with Gasteiger partial charge in [-0.15, -0.1) is 0 Å². The maximum Gasteiger partial charge on any atom is 0.164 e. The molecule has 11 rings (SSSR count). The van der Waals surface area contributed by atoms with Gasteiger partial charge in [0.15, 0.2) is 17.5 Å². The maximum absolute atomic E-state index is 6.49. The van der Waals surface area contributed by atoms with Crippen molar-refractivity contribution >= 4 is 43.7 Å². The second-order valence-corrected chi connectivity index (χ2v) is 14.0. The van der Waals surface area contributed by atoms with E-state index >= 15 is 0 Å². The van der Waals surface area contributed by atoms with Gasteiger partial charge in [0.25, 0.3) is 0 Å². The summed E-state index contributed by atoms with van der Waals surface area (Å²) in [5, 5.41) is 4.60. The Morgan fingerprint density at radius 1 is 0.339 bits per heavy atom. The molecule has 0 saturated carbocycles. The third-order valence-electron chi connectivity index (χ3n) is 10.6. The monoisotopic (exact) mass is 716 g/mol. The van der Waals surface area contributed by atoms with Gasteiger partial charge in [-0.05, 0) is 76.9 Å². The van der Waals surface area contributed by atoms with E-state index in [4.69, 9.17) is 19.4 Å². The van der Waals surface area contributed by atoms with E-state index in [1.54, 1.807) is 0 Å². The number of benzene rings is 8. The van der Waals surface area contributed by atoms with Gasteiger partial charge < -0.3 is 8.98 Å². The average molecular weight is 717 g/mol. The molecule has 5 nitrogen and oxygen atoms in total. The molecule has 0 spiro atoms. The Morgan fingerprint density at radius 2 is 0.893 bits per heavy atom. The lowest BCUT2D eigenvalue weighted by molar-refractivity contribution is 0.669. The summed E-state index contributed by atoms with van der Waals surface area (Å²) in [5.41, 5.74) is 12.4. The molecule has 56 heavy (non-hydrogen) atoms. The first kappa shape index (κ1) is 31.9. The van der Waals surface area contributed by atoms with Crippen molar-refractivity contribution in [3.63, 3.8) is 0 Å². The minimum Gasteiger partial charge on any atom is -0.456 e. The highest BCUT2D eigenvalue weighted by atomic mass is 16.3. The molecule has 0 aliphatic heterocycles. The predicted octanol–water partition coefficient (Wildman–Crippen LogP) is 13.2. The summed E-state index contributed by atoms with van der Waals surface area (Å²) in [4.78, 5) is 14.9. The smallest absolute Gasteiger partial charge is 0.164 e. The molecule has 0 radical (unpaired) electrons. The molecule has 0 atom stereocenters. The number of furan rings is 1. The first-order valence-electron chi connectivity index (χ1n) is 18.8. The highest BCUT2D eigenvalue weighted by molar-refractivity contribution is 6.14. The first-order valence-corrected chi connectivity index (χ1v) is 18.8. The van der Waals surface area contributed by atoms with Gasteiger partial charge in [-0.25, -0.2) is 15.0 Å². The predicted molar refractivity (Wildman–Crippen MR) is 229 cm³/mol. The van der Waals surface area contributed by atoms with Crippen molar-refractivity contribution in [2.45, 2.75) is 0 Å². The van der Waals surface area contributed by atoms with Crippen LogP contribution in [0.4, 0.5) is 0 Å². The molecule has 0 N–H and O–H groups in total. The molecular weight excluding hydrogens is 685 g/mol. The molecule has 11 aromatic rings. The van der Waals surface area contributed by atoms with E-state index in [2.05, 4.69) is 138 Å². The summed E-state index contributed by atoms with van der Waals surface area (Å²) in [5.74, 6) is 1.89. The van der Waals surface area contributed by atoms with Crippen LogP contribution in [-0.4, -0.2) is 19.5 Å². The fourth-order valence-electron chi connectivity index (χ4n) is 8.02. The Kier molecular flexibility index (Phi) is 7.42. The fourth-order valence-corrected chi connectivity index (χ4v) is 8.02. The largest absolute Gasteiger partial charge is 0.456 e. The number of hydrogen-bond acceptors (Lipinski definition) is 4. The van der Waals surface area contributed by atoms with Crippen molar-refractivity contribution in [1.29, 1.82) is 0 Å². The Bertz CT molecular complexity index is 3180. The standard InChI is InChI=1S/C51H32N4O/c1-4-14-33(15-5-1)49-52-50(34-16-6-2-7-17-34)54-51(53-49)38-19-12-18-37(30-38)40-23-13-25-47-48(40)43-32-36(27-29-46(43)56-47)35-26-28-45-42(31-35)41-22-10-11-24-44(41)55(45)39-20-8-3-9-21-39/h1-32H. The second-order valence-electron chi connectivity index (χ2n) is 14.0. The summed E-state index contributed by atoms with van der Waals surface area (Å²) in [6.07, 6.45) is 0. The van der Waals surface area contributed by atoms with Crippen molar-refractivity contribution in [2.75, 3.05) is 0 Å². The Morgan fingerprint density at radius 3 is 1.62 bits per heavy atom. The van der Waals surface area contributed by atoms with Gasteiger partial charge in [0.2, 0.25) is 0 Å². The zero-order valence-electron chi connectivity index (χ0n) is 30.2. The number of rotatable bonds is 6. The van der Waals surface area contributed by atoms with Gasteiger partial charge in [-0.2, -0.15) is 0 Å². The normalized spacial score (nSPS) is 11.6. The second kappa shape index (κ2) is 13.0. The van der Waals surface area contributed by atoms with E-state index in [0.29, 0.717) is 17.5 Å². The SMILES string of the molecule is c1ccc(-c2nc(-c3ccccc3)nc(-c3cccc(-c4cccc5oc6ccc(-c7ccc8c(c7)c7ccccc7n8-c7ccccc7)cc6c45)c3)n2)cc1. The van der Waals surface area contributed by atoms with Crippen molar-refractivity contribution in [3.05, 3.63) is 194 Å². The molecule has 0 bridgehead atoms. The summed E-state index contributed by atoms with van der Waals surface area (Å²) in [6.45, 7) is 0. The van der Waals surface area contributed by atoms with Crippen LogP contribution in [-0.2, 0) is 0 Å². The van der Waals surface area contributed by atoms with Gasteiger partial charge in [0.1, 0.15) is 11.2 Å². The molecule has 3 heterocycles. The van der Waals surface area contributed by atoms with E-state index in [0.717, 1.165) is 66.6 Å². The average Bonchev–Trinajstić information content (AvgIpc) is 3.82. The summed E-state index contributed by atoms with van der Waals surface area (Å²) in [6, 6.07) is 67.5. The lowest BCUT2D eigenvalue weighted by Crippen LogP contribution is -2.00. The molecule has 8 aromatic carbocycles. The van der Waals surface area contributed by atoms with Crippen LogP contribution in [0.5, 0.6) is 0 Å². The summed E-state index contributed by atoms with van der Waals surface area (Å²) >= 11 is 0. The number of para-hydroxylation sites is 2. The van der Waals surface area contributed by atoms with E-state index in [1.807, 2.05) is 60.7 Å². The quantitative estimate of drug-likeness (QED) is 0.172. The van der Waals surface area contributed by atoms with E-state index in [1.165, 1.54) is 21.8 Å². The van der Waals surface area contributed by atoms with Crippen molar-refractivity contribution in [2.24, 2.45) is 0 Å². The number of fused-ring (bicyclic) bond motifs is 6. The van der Waals surface area contributed by atoms with Crippen LogP contribution < -0.4 is 0 Å². The van der Waals surface area contributed by atoms with Gasteiger partial charge in [0, 0.05) is 43.9 Å². The molecule has 0 aliphatic carbocycles. The van der Waals surface area contributed by atoms with Crippen LogP contribution in [0.2, 0.25) is 0 Å². The van der Waals surface area contributed by atoms with E-state index < -0.39 is 0 Å². The van der Waals surface area contributed by atoms with Crippen LogP contribution in [0.25, 0.3) is 106 Å². The minimum absolute atomic E-state index is 0.620. The molecule has 0 unspecified atom stereocenters. The van der Waals surface area contributed by atoms with Crippen LogP contribution in [0, 0.1) is 0 Å². The molecule has 5 heteroatoms. The molecule has 262 valence electrons. The van der Waals surface area contributed by atoms with Crippen LogP contribution in [0.3, 0.4) is 0 Å². The minimum atomic E-state index is 0.620. The van der Waals surface area contributed by atoms with Crippen LogP contribution in [0.1, 0.15) is 0 Å². The molecule has 0 fully saturated rings. The number of nitrogens with zero attached hydrogens (tertiary/aromatic N) is 4. The van der Waals surface area contributed by atoms with Gasteiger partial charge in [0.05, 0.1) is 11.0 Å². The number of aromatic nitrogens is 4. The fraction of sp³-hybridized carbons (Fsp3) is 0. The lowest BCUT2D eigenvalue weighted by atomic mass is 9.96. The number of hydrogen-bond donors (Lipinski definition) is 0. The van der Waals surface area contributed by atoms with Crippen molar-refractivity contribution < 1.29 is 4.42 Å². The third kappa shape index (κ3) is 5.37. The topological polar surface area (TPSA) is 56.7 Å². The first-order chi connectivity index (χ1) is 27.7. The van der Waals surface area contributed by atoms with Crippen molar-refractivity contribution in [1.82, 2.24) is 19.5 Å². The Hall–Kier alpha value is -7.63. The Balaban J connectivity index is 1.04. The van der Waals surface area contributed by atoms with Crippen LogP contribution in [0.15, 0.2) is 199 Å². The molecular formula is C51H32N4O. The maximum atomic E-state index is 6.49. The lowest BCUT2D eigenvalue weighted by Gasteiger charge is -2.10. The highest BCUT2D eigenvalue weighted by Gasteiger charge is 2.18. The highest BCUT2D eigenvalue weighted by Crippen LogP contribution is 2.41. The van der Waals surface area contributed by atoms with E-state index in [9.17, 15) is 0 Å². The molecule has 0 amide bonds. The van der Waals surface area contributed by atoms with Crippen LogP contribution >= 0.6 is 0 Å². The molecule has 3 aromatic heterocycles. The zero-order valence-corrected chi connectivity index (χ0v) is 30.2. The Labute approximate surface area is 322 Å². The summed E-state index contributed by atoms with van der Waals surface area (Å²) in [7, 11) is 0. The van der Waals surface area contributed by atoms with Crippen molar-refractivity contribution in [3.8, 4) is 62.1 Å². The zero-order chi connectivity index (χ0) is 37.0. The van der Waals surface area contributed by atoms with Gasteiger partial charge in [-0.1, -0.05) is 140 Å². The third-order valence-corrected chi connectivity index (χ3v) is 10.6.